The molecule has 0 fully saturated rings. The summed E-state index contributed by atoms with van der Waals surface area (Å²) in [5, 5.41) is 0. The molecule has 0 amide bonds. The van der Waals surface area contributed by atoms with E-state index < -0.39 is 32.5 Å². The maximum atomic E-state index is 12.6. The molecular weight excluding hydrogens is 762 g/mol. The summed E-state index contributed by atoms with van der Waals surface area (Å²) in [7, 11) is -4.42. The van der Waals surface area contributed by atoms with Gasteiger partial charge in [-0.1, -0.05) is 161 Å². The third-order valence-electron chi connectivity index (χ3n) is 8.35. The molecule has 0 rings (SSSR count). The van der Waals surface area contributed by atoms with E-state index in [0.717, 1.165) is 51.4 Å². The van der Waals surface area contributed by atoms with E-state index >= 15 is 0 Å². The van der Waals surface area contributed by atoms with Crippen molar-refractivity contribution in [2.45, 2.75) is 148 Å². The summed E-state index contributed by atoms with van der Waals surface area (Å²) in [6, 6.07) is 0. The summed E-state index contributed by atoms with van der Waals surface area (Å²) < 4.78 is 32.6. The highest BCUT2D eigenvalue weighted by molar-refractivity contribution is 7.47. The van der Waals surface area contributed by atoms with Crippen LogP contribution in [0.15, 0.2) is 122 Å². The first-order valence-corrected chi connectivity index (χ1v) is 23.5. The lowest BCUT2D eigenvalue weighted by Gasteiger charge is -2.19. The van der Waals surface area contributed by atoms with Crippen molar-refractivity contribution in [2.24, 2.45) is 5.73 Å². The monoisotopic (exact) mass is 840 g/mol. The Morgan fingerprint density at radius 2 is 0.864 bits per heavy atom. The molecule has 0 aliphatic carbocycles. The van der Waals surface area contributed by atoms with Crippen LogP contribution >= 0.6 is 7.82 Å². The van der Waals surface area contributed by atoms with Gasteiger partial charge in [0.2, 0.25) is 0 Å². The van der Waals surface area contributed by atoms with Gasteiger partial charge in [0.05, 0.1) is 13.2 Å². The van der Waals surface area contributed by atoms with Crippen molar-refractivity contribution in [3.63, 3.8) is 0 Å². The van der Waals surface area contributed by atoms with Gasteiger partial charge in [0.1, 0.15) is 6.61 Å². The summed E-state index contributed by atoms with van der Waals surface area (Å²) in [6.07, 6.45) is 59.7. The van der Waals surface area contributed by atoms with Crippen molar-refractivity contribution in [3.05, 3.63) is 122 Å². The predicted molar refractivity (Wildman–Crippen MR) is 247 cm³/mol. The number of carbonyl (C=O) groups is 2. The Hall–Kier alpha value is -3.59. The highest BCUT2D eigenvalue weighted by Crippen LogP contribution is 2.43. The van der Waals surface area contributed by atoms with E-state index in [2.05, 4.69) is 111 Å². The van der Waals surface area contributed by atoms with Crippen molar-refractivity contribution in [3.8, 4) is 0 Å². The zero-order valence-electron chi connectivity index (χ0n) is 36.4. The molecule has 1 unspecified atom stereocenters. The maximum Gasteiger partial charge on any atom is 0.472 e. The third kappa shape index (κ3) is 43.8. The number of ether oxygens (including phenoxy) is 2. The van der Waals surface area contributed by atoms with Crippen molar-refractivity contribution in [2.75, 3.05) is 26.4 Å². The van der Waals surface area contributed by atoms with Gasteiger partial charge in [0.25, 0.3) is 0 Å². The molecule has 0 spiro atoms. The van der Waals surface area contributed by atoms with E-state index in [1.807, 2.05) is 24.3 Å². The van der Waals surface area contributed by atoms with Crippen LogP contribution in [0.5, 0.6) is 0 Å². The summed E-state index contributed by atoms with van der Waals surface area (Å²) in [5.74, 6) is -1.03. The Morgan fingerprint density at radius 3 is 1.24 bits per heavy atom. The summed E-state index contributed by atoms with van der Waals surface area (Å²) in [5.41, 5.74) is 5.34. The lowest BCUT2D eigenvalue weighted by atomic mass is 10.2. The third-order valence-corrected chi connectivity index (χ3v) is 9.33. The molecule has 0 aliphatic rings. The number of carbonyl (C=O) groups excluding carboxylic acids is 2. The van der Waals surface area contributed by atoms with E-state index in [-0.39, 0.29) is 32.6 Å². The minimum Gasteiger partial charge on any atom is -0.462 e. The summed E-state index contributed by atoms with van der Waals surface area (Å²) in [6.45, 7) is 3.47. The highest BCUT2D eigenvalue weighted by Gasteiger charge is 2.25. The first-order valence-electron chi connectivity index (χ1n) is 22.0. The maximum absolute atomic E-state index is 12.6. The smallest absolute Gasteiger partial charge is 0.462 e. The second-order valence-corrected chi connectivity index (χ2v) is 15.3. The van der Waals surface area contributed by atoms with Gasteiger partial charge >= 0.3 is 19.8 Å². The fourth-order valence-corrected chi connectivity index (χ4v) is 5.83. The first-order chi connectivity index (χ1) is 28.8. The fourth-order valence-electron chi connectivity index (χ4n) is 5.07. The fraction of sp³-hybridized carbons (Fsp3) is 0.551. The molecule has 0 aromatic rings. The second-order valence-electron chi connectivity index (χ2n) is 13.8. The molecule has 59 heavy (non-hydrogen) atoms. The summed E-state index contributed by atoms with van der Waals surface area (Å²) >= 11 is 0. The van der Waals surface area contributed by atoms with E-state index in [4.69, 9.17) is 24.3 Å². The molecule has 0 saturated heterocycles. The largest absolute Gasteiger partial charge is 0.472 e. The van der Waals surface area contributed by atoms with Crippen LogP contribution in [0.1, 0.15) is 142 Å². The van der Waals surface area contributed by atoms with Crippen molar-refractivity contribution in [1.29, 1.82) is 0 Å². The molecule has 0 heterocycles. The van der Waals surface area contributed by atoms with Gasteiger partial charge in [-0.3, -0.25) is 18.6 Å². The van der Waals surface area contributed by atoms with Gasteiger partial charge in [-0.05, 0) is 89.9 Å². The van der Waals surface area contributed by atoms with Crippen LogP contribution in [0.4, 0.5) is 0 Å². The number of phosphoric acid groups is 1. The van der Waals surface area contributed by atoms with E-state index in [0.29, 0.717) is 12.8 Å². The minimum absolute atomic E-state index is 0.0257. The number of nitrogens with two attached hydrogens (primary N) is 1. The Balaban J connectivity index is 4.43. The standard InChI is InChI=1S/C49H78NO8P/c1-3-5-7-9-11-13-15-17-19-21-23-25-27-29-31-33-35-37-39-41-48(51)55-45-47(46-57-59(53,54)56-44-43-50)58-49(52)42-40-38-36-34-32-30-28-26-24-22-20-18-16-14-12-10-8-6-4-2/h11-14,17-20,23-26,29-32,35-38,47H,3-10,15-16,21-22,27-28,33-34,39-46,50H2,1-2H3,(H,53,54)/b13-11-,14-12-,19-17-,20-18-,25-23-,26-24-,31-29-,32-30-,37-35-,38-36-/t47-/m1/s1. The van der Waals surface area contributed by atoms with Gasteiger partial charge in [-0.15, -0.1) is 0 Å². The molecule has 332 valence electrons. The van der Waals surface area contributed by atoms with Crippen molar-refractivity contribution >= 4 is 19.8 Å². The molecule has 0 radical (unpaired) electrons. The normalized spacial score (nSPS) is 14.4. The second kappa shape index (κ2) is 44.0. The number of unbranched alkanes of at least 4 members (excludes halogenated alkanes) is 6. The Labute approximate surface area is 358 Å². The SMILES string of the molecule is CCCCC/C=C\C/C=C\C/C=C\C/C=C\C/C=C\CCC(=O)OC[C@H](COP(=O)(O)OCCN)OC(=O)CC/C=C\C/C=C\C/C=C\C/C=C\C/C=C\CCCCC. The first kappa shape index (κ1) is 55.4. The zero-order valence-corrected chi connectivity index (χ0v) is 37.3. The molecule has 3 N–H and O–H groups in total. The highest BCUT2D eigenvalue weighted by atomic mass is 31.2. The molecule has 0 aromatic heterocycles. The number of hydrogen-bond donors (Lipinski definition) is 2. The Kier molecular flexibility index (Phi) is 41.3. The van der Waals surface area contributed by atoms with Crippen LogP contribution in [-0.4, -0.2) is 49.3 Å². The quantitative estimate of drug-likeness (QED) is 0.0268. The molecule has 2 atom stereocenters. The molecule has 0 aliphatic heterocycles. The minimum atomic E-state index is -4.42. The molecule has 10 heteroatoms. The summed E-state index contributed by atoms with van der Waals surface area (Å²) in [4.78, 5) is 34.8. The number of phosphoric ester groups is 1. The van der Waals surface area contributed by atoms with Gasteiger partial charge < -0.3 is 20.1 Å². The van der Waals surface area contributed by atoms with Gasteiger partial charge in [-0.2, -0.15) is 0 Å². The molecular formula is C49H78NO8P. The predicted octanol–water partition coefficient (Wildman–Crippen LogP) is 12.9. The number of esters is 2. The van der Waals surface area contributed by atoms with Gasteiger partial charge in [0.15, 0.2) is 6.10 Å². The molecule has 9 nitrogen and oxygen atoms in total. The topological polar surface area (TPSA) is 134 Å². The van der Waals surface area contributed by atoms with Crippen LogP contribution in [0.2, 0.25) is 0 Å². The number of allylic oxidation sites excluding steroid dienone is 20. The van der Waals surface area contributed by atoms with Crippen LogP contribution in [0.25, 0.3) is 0 Å². The lowest BCUT2D eigenvalue weighted by Crippen LogP contribution is -2.29. The zero-order chi connectivity index (χ0) is 43.2. The average molecular weight is 840 g/mol. The van der Waals surface area contributed by atoms with E-state index in [1.165, 1.54) is 51.4 Å². The van der Waals surface area contributed by atoms with Crippen LogP contribution in [0.3, 0.4) is 0 Å². The lowest BCUT2D eigenvalue weighted by molar-refractivity contribution is -0.161. The Bertz CT molecular complexity index is 1370. The van der Waals surface area contributed by atoms with Crippen LogP contribution < -0.4 is 5.73 Å². The van der Waals surface area contributed by atoms with E-state index in [9.17, 15) is 19.0 Å². The molecule has 0 aromatic carbocycles. The number of hydrogen-bond acceptors (Lipinski definition) is 8. The Morgan fingerprint density at radius 1 is 0.508 bits per heavy atom. The van der Waals surface area contributed by atoms with Crippen molar-refractivity contribution in [1.82, 2.24) is 0 Å². The molecule has 0 saturated carbocycles. The van der Waals surface area contributed by atoms with Crippen LogP contribution in [0, 0.1) is 0 Å². The van der Waals surface area contributed by atoms with Crippen LogP contribution in [-0.2, 0) is 32.7 Å². The van der Waals surface area contributed by atoms with Gasteiger partial charge in [-0.25, -0.2) is 4.57 Å². The van der Waals surface area contributed by atoms with Gasteiger partial charge in [0, 0.05) is 19.4 Å². The van der Waals surface area contributed by atoms with Crippen molar-refractivity contribution < 1.29 is 37.6 Å². The average Bonchev–Trinajstić information content (AvgIpc) is 3.22. The number of rotatable bonds is 39. The van der Waals surface area contributed by atoms with E-state index in [1.54, 1.807) is 0 Å². The molecule has 0 bridgehead atoms.